The highest BCUT2D eigenvalue weighted by Crippen LogP contribution is 2.28. The van der Waals surface area contributed by atoms with Gasteiger partial charge in [0.05, 0.1) is 29.9 Å². The van der Waals surface area contributed by atoms with Crippen LogP contribution in [0.15, 0.2) is 79.0 Å². The van der Waals surface area contributed by atoms with Crippen molar-refractivity contribution in [2.45, 2.75) is 12.5 Å². The van der Waals surface area contributed by atoms with Crippen molar-refractivity contribution in [2.75, 3.05) is 6.61 Å². The van der Waals surface area contributed by atoms with Crippen LogP contribution in [-0.2, 0) is 6.42 Å². The molecule has 0 radical (unpaired) electrons. The molecule has 5 nitrogen and oxygen atoms in total. The van der Waals surface area contributed by atoms with Crippen molar-refractivity contribution in [1.82, 2.24) is 4.57 Å². The summed E-state index contributed by atoms with van der Waals surface area (Å²) in [6.07, 6.45) is 1.61. The third-order valence-electron chi connectivity index (χ3n) is 4.79. The van der Waals surface area contributed by atoms with E-state index in [4.69, 9.17) is 10.00 Å². The molecule has 1 aromatic heterocycles. The molecule has 1 atom stereocenters. The van der Waals surface area contributed by atoms with Crippen LogP contribution in [-0.4, -0.2) is 27.5 Å². The number of aromatic nitrogens is 1. The van der Waals surface area contributed by atoms with Crippen molar-refractivity contribution in [1.29, 1.82) is 5.26 Å². The standard InChI is InChI=1S/C24H20N2O3/c25-14-17-5-9-21(10-6-17)29-22-11-7-19(8-12-22)26-15-18(13-20(28)16-27)23-3-1-2-4-24(23)26/h1-12,15,20,27-28H,13,16H2/t20-/m1/s1. The maximum Gasteiger partial charge on any atom is 0.127 e. The van der Waals surface area contributed by atoms with Gasteiger partial charge in [-0.05, 0) is 60.2 Å². The van der Waals surface area contributed by atoms with Crippen molar-refractivity contribution in [3.8, 4) is 23.3 Å². The van der Waals surface area contributed by atoms with Crippen molar-refractivity contribution in [3.05, 3.63) is 90.1 Å². The maximum atomic E-state index is 9.87. The number of nitriles is 1. The van der Waals surface area contributed by atoms with Gasteiger partial charge in [0.1, 0.15) is 11.5 Å². The van der Waals surface area contributed by atoms with Crippen LogP contribution in [0.5, 0.6) is 11.5 Å². The molecule has 0 saturated carbocycles. The van der Waals surface area contributed by atoms with E-state index in [9.17, 15) is 10.2 Å². The number of benzene rings is 3. The van der Waals surface area contributed by atoms with Crippen LogP contribution in [0.25, 0.3) is 16.6 Å². The summed E-state index contributed by atoms with van der Waals surface area (Å²) >= 11 is 0. The van der Waals surface area contributed by atoms with E-state index >= 15 is 0 Å². The lowest BCUT2D eigenvalue weighted by atomic mass is 10.1. The third-order valence-corrected chi connectivity index (χ3v) is 4.79. The Morgan fingerprint density at radius 2 is 1.59 bits per heavy atom. The molecule has 0 unspecified atom stereocenters. The molecule has 29 heavy (non-hydrogen) atoms. The molecule has 0 fully saturated rings. The normalized spacial score (nSPS) is 11.9. The Kier molecular flexibility index (Phi) is 5.30. The number of para-hydroxylation sites is 1. The van der Waals surface area contributed by atoms with E-state index in [1.807, 2.05) is 54.7 Å². The molecule has 1 heterocycles. The van der Waals surface area contributed by atoms with Crippen LogP contribution in [0.3, 0.4) is 0 Å². The Hall–Kier alpha value is -3.59. The average Bonchev–Trinajstić information content (AvgIpc) is 3.13. The first kappa shape index (κ1) is 18.8. The molecule has 5 heteroatoms. The second-order valence-corrected chi connectivity index (χ2v) is 6.81. The predicted octanol–water partition coefficient (Wildman–Crippen LogP) is 4.19. The molecule has 0 saturated heterocycles. The molecule has 0 spiro atoms. The van der Waals surface area contributed by atoms with E-state index in [0.29, 0.717) is 23.5 Å². The van der Waals surface area contributed by atoms with E-state index in [1.165, 1.54) is 0 Å². The molecule has 3 aromatic carbocycles. The molecule has 0 bridgehead atoms. The Balaban J connectivity index is 1.61. The second-order valence-electron chi connectivity index (χ2n) is 6.81. The number of ether oxygens (including phenoxy) is 1. The van der Waals surface area contributed by atoms with Crippen LogP contribution < -0.4 is 4.74 Å². The van der Waals surface area contributed by atoms with E-state index in [0.717, 1.165) is 22.2 Å². The number of hydrogen-bond donors (Lipinski definition) is 2. The summed E-state index contributed by atoms with van der Waals surface area (Å²) < 4.78 is 7.92. The fourth-order valence-corrected chi connectivity index (χ4v) is 3.35. The van der Waals surface area contributed by atoms with Gasteiger partial charge in [0.2, 0.25) is 0 Å². The quantitative estimate of drug-likeness (QED) is 0.522. The van der Waals surface area contributed by atoms with Crippen molar-refractivity contribution >= 4 is 10.9 Å². The third kappa shape index (κ3) is 3.99. The molecule has 4 aromatic rings. The van der Waals surface area contributed by atoms with Crippen LogP contribution in [0.2, 0.25) is 0 Å². The van der Waals surface area contributed by atoms with E-state index in [2.05, 4.69) is 10.6 Å². The summed E-state index contributed by atoms with van der Waals surface area (Å²) in [5.41, 5.74) is 3.58. The van der Waals surface area contributed by atoms with Gasteiger partial charge in [-0.25, -0.2) is 0 Å². The Labute approximate surface area is 168 Å². The van der Waals surface area contributed by atoms with Gasteiger partial charge >= 0.3 is 0 Å². The Morgan fingerprint density at radius 3 is 2.24 bits per heavy atom. The van der Waals surface area contributed by atoms with Crippen LogP contribution >= 0.6 is 0 Å². The van der Waals surface area contributed by atoms with Gasteiger partial charge in [-0.3, -0.25) is 0 Å². The molecular formula is C24H20N2O3. The number of rotatable bonds is 6. The second kappa shape index (κ2) is 8.19. The zero-order valence-corrected chi connectivity index (χ0v) is 15.7. The number of nitrogens with zero attached hydrogens (tertiary/aromatic N) is 2. The predicted molar refractivity (Wildman–Crippen MR) is 111 cm³/mol. The van der Waals surface area contributed by atoms with Gasteiger partial charge in [0.25, 0.3) is 0 Å². The first-order chi connectivity index (χ1) is 14.2. The lowest BCUT2D eigenvalue weighted by Crippen LogP contribution is -2.14. The smallest absolute Gasteiger partial charge is 0.127 e. The molecule has 2 N–H and O–H groups in total. The molecule has 0 aliphatic carbocycles. The number of hydrogen-bond acceptors (Lipinski definition) is 4. The highest BCUT2D eigenvalue weighted by atomic mass is 16.5. The van der Waals surface area contributed by atoms with Gasteiger partial charge in [0.15, 0.2) is 0 Å². The molecule has 0 amide bonds. The summed E-state index contributed by atoms with van der Waals surface area (Å²) in [7, 11) is 0. The Morgan fingerprint density at radius 1 is 0.931 bits per heavy atom. The monoisotopic (exact) mass is 384 g/mol. The SMILES string of the molecule is N#Cc1ccc(Oc2ccc(-n3cc(C[C@@H](O)CO)c4ccccc43)cc2)cc1. The van der Waals surface area contributed by atoms with Crippen LogP contribution in [0.4, 0.5) is 0 Å². The summed E-state index contributed by atoms with van der Waals surface area (Å²) in [5.74, 6) is 1.37. The summed E-state index contributed by atoms with van der Waals surface area (Å²) in [5, 5.41) is 29.0. The largest absolute Gasteiger partial charge is 0.457 e. The fraction of sp³-hybridized carbons (Fsp3) is 0.125. The van der Waals surface area contributed by atoms with Gasteiger partial charge < -0.3 is 19.5 Å². The van der Waals surface area contributed by atoms with Crippen molar-refractivity contribution in [3.63, 3.8) is 0 Å². The van der Waals surface area contributed by atoms with Gasteiger partial charge in [0, 0.05) is 23.7 Å². The lowest BCUT2D eigenvalue weighted by molar-refractivity contribution is 0.0957. The number of aliphatic hydroxyl groups is 2. The van der Waals surface area contributed by atoms with E-state index in [-0.39, 0.29) is 6.61 Å². The van der Waals surface area contributed by atoms with Gasteiger partial charge in [-0.2, -0.15) is 5.26 Å². The number of aliphatic hydroxyl groups excluding tert-OH is 2. The molecule has 4 rings (SSSR count). The van der Waals surface area contributed by atoms with E-state index < -0.39 is 6.10 Å². The average molecular weight is 384 g/mol. The molecular weight excluding hydrogens is 364 g/mol. The van der Waals surface area contributed by atoms with Gasteiger partial charge in [-0.1, -0.05) is 18.2 Å². The highest BCUT2D eigenvalue weighted by Gasteiger charge is 2.13. The van der Waals surface area contributed by atoms with Crippen LogP contribution in [0, 0.1) is 11.3 Å². The van der Waals surface area contributed by atoms with Crippen LogP contribution in [0.1, 0.15) is 11.1 Å². The first-order valence-electron chi connectivity index (χ1n) is 9.34. The highest BCUT2D eigenvalue weighted by molar-refractivity contribution is 5.85. The zero-order chi connectivity index (χ0) is 20.2. The Bertz CT molecular complexity index is 1160. The van der Waals surface area contributed by atoms with Gasteiger partial charge in [-0.15, -0.1) is 0 Å². The summed E-state index contributed by atoms with van der Waals surface area (Å²) in [6.45, 7) is -0.263. The number of fused-ring (bicyclic) bond motifs is 1. The first-order valence-corrected chi connectivity index (χ1v) is 9.34. The minimum atomic E-state index is -0.780. The maximum absolute atomic E-state index is 9.87. The molecule has 0 aliphatic rings. The minimum Gasteiger partial charge on any atom is -0.457 e. The topological polar surface area (TPSA) is 78.4 Å². The van der Waals surface area contributed by atoms with E-state index in [1.54, 1.807) is 24.3 Å². The summed E-state index contributed by atoms with van der Waals surface area (Å²) in [4.78, 5) is 0. The minimum absolute atomic E-state index is 0.263. The van der Waals surface area contributed by atoms with Crippen molar-refractivity contribution < 1.29 is 14.9 Å². The zero-order valence-electron chi connectivity index (χ0n) is 15.7. The molecule has 0 aliphatic heterocycles. The lowest BCUT2D eigenvalue weighted by Gasteiger charge is -2.09. The summed E-state index contributed by atoms with van der Waals surface area (Å²) in [6, 6.07) is 24.8. The molecule has 144 valence electrons. The van der Waals surface area contributed by atoms with Crippen molar-refractivity contribution in [2.24, 2.45) is 0 Å². The fourth-order valence-electron chi connectivity index (χ4n) is 3.35.